The van der Waals surface area contributed by atoms with Crippen LogP contribution < -0.4 is 4.74 Å². The molecule has 142 valence electrons. The van der Waals surface area contributed by atoms with Crippen molar-refractivity contribution in [3.05, 3.63) is 53.1 Å². The van der Waals surface area contributed by atoms with E-state index in [0.717, 1.165) is 35.3 Å². The lowest BCUT2D eigenvalue weighted by Crippen LogP contribution is -2.53. The molecule has 0 radical (unpaired) electrons. The Morgan fingerprint density at radius 1 is 0.963 bits per heavy atom. The molecule has 2 atom stereocenters. The Morgan fingerprint density at radius 3 is 2.41 bits per heavy atom. The summed E-state index contributed by atoms with van der Waals surface area (Å²) in [5, 5.41) is 20.1. The third-order valence-electron chi connectivity index (χ3n) is 6.50. The molecule has 2 unspecified atom stereocenters. The standard InChI is InChI=1S/C24H28O3/c1-23(2)11-4-12-24(3)22(23)15-19-20(26)13-17(14-21(19)27-24)6-5-16-7-9-18(25)10-8-16/h5-10,13-14,22,25-26H,4,11-12,15H2,1-3H3. The highest BCUT2D eigenvalue weighted by molar-refractivity contribution is 5.72. The van der Waals surface area contributed by atoms with Crippen LogP contribution in [0.3, 0.4) is 0 Å². The Kier molecular flexibility index (Phi) is 4.21. The molecule has 1 aliphatic heterocycles. The smallest absolute Gasteiger partial charge is 0.127 e. The van der Waals surface area contributed by atoms with Gasteiger partial charge < -0.3 is 14.9 Å². The molecule has 0 bridgehead atoms. The summed E-state index contributed by atoms with van der Waals surface area (Å²) in [6.07, 6.45) is 8.26. The van der Waals surface area contributed by atoms with Crippen LogP contribution in [0.4, 0.5) is 0 Å². The maximum Gasteiger partial charge on any atom is 0.127 e. The van der Waals surface area contributed by atoms with Crippen molar-refractivity contribution >= 4 is 12.2 Å². The second-order valence-electron chi connectivity index (χ2n) is 8.96. The second kappa shape index (κ2) is 6.33. The Labute approximate surface area is 161 Å². The van der Waals surface area contributed by atoms with E-state index in [0.29, 0.717) is 11.7 Å². The third-order valence-corrected chi connectivity index (χ3v) is 6.50. The maximum absolute atomic E-state index is 10.7. The van der Waals surface area contributed by atoms with Crippen molar-refractivity contribution in [1.29, 1.82) is 0 Å². The van der Waals surface area contributed by atoms with Crippen LogP contribution in [-0.2, 0) is 6.42 Å². The highest BCUT2D eigenvalue weighted by atomic mass is 16.5. The van der Waals surface area contributed by atoms with Crippen molar-refractivity contribution in [2.24, 2.45) is 11.3 Å². The van der Waals surface area contributed by atoms with Gasteiger partial charge in [-0.2, -0.15) is 0 Å². The van der Waals surface area contributed by atoms with Crippen molar-refractivity contribution in [3.63, 3.8) is 0 Å². The summed E-state index contributed by atoms with van der Waals surface area (Å²) in [6, 6.07) is 10.9. The molecular formula is C24H28O3. The summed E-state index contributed by atoms with van der Waals surface area (Å²) in [5.74, 6) is 1.80. The number of phenolic OH excluding ortho intramolecular Hbond substituents is 2. The van der Waals surface area contributed by atoms with Gasteiger partial charge in [0, 0.05) is 11.5 Å². The van der Waals surface area contributed by atoms with Crippen LogP contribution in [-0.4, -0.2) is 15.8 Å². The normalized spacial score (nSPS) is 26.3. The van der Waals surface area contributed by atoms with E-state index in [4.69, 9.17) is 4.74 Å². The van der Waals surface area contributed by atoms with E-state index in [2.05, 4.69) is 20.8 Å². The second-order valence-corrected chi connectivity index (χ2v) is 8.96. The van der Waals surface area contributed by atoms with Crippen LogP contribution in [0.2, 0.25) is 0 Å². The summed E-state index contributed by atoms with van der Waals surface area (Å²) in [7, 11) is 0. The van der Waals surface area contributed by atoms with Crippen molar-refractivity contribution in [3.8, 4) is 17.2 Å². The predicted octanol–water partition coefficient (Wildman–Crippen LogP) is 5.79. The highest BCUT2D eigenvalue weighted by Gasteiger charge is 2.51. The van der Waals surface area contributed by atoms with E-state index in [-0.39, 0.29) is 16.8 Å². The fourth-order valence-corrected chi connectivity index (χ4v) is 4.96. The van der Waals surface area contributed by atoms with Gasteiger partial charge in [0.15, 0.2) is 0 Å². The molecule has 27 heavy (non-hydrogen) atoms. The minimum atomic E-state index is -0.166. The molecule has 2 aromatic rings. The zero-order valence-electron chi connectivity index (χ0n) is 16.3. The average molecular weight is 364 g/mol. The van der Waals surface area contributed by atoms with Crippen LogP contribution in [0.5, 0.6) is 17.2 Å². The monoisotopic (exact) mass is 364 g/mol. The van der Waals surface area contributed by atoms with Crippen LogP contribution in [0.15, 0.2) is 36.4 Å². The van der Waals surface area contributed by atoms with E-state index >= 15 is 0 Å². The molecule has 3 heteroatoms. The molecular weight excluding hydrogens is 336 g/mol. The molecule has 1 aliphatic carbocycles. The third kappa shape index (κ3) is 3.31. The first-order chi connectivity index (χ1) is 12.8. The minimum absolute atomic E-state index is 0.166. The Hall–Kier alpha value is -2.42. The summed E-state index contributed by atoms with van der Waals surface area (Å²) >= 11 is 0. The molecule has 0 aromatic heterocycles. The molecule has 2 N–H and O–H groups in total. The van der Waals surface area contributed by atoms with Crippen molar-refractivity contribution in [2.45, 2.75) is 52.1 Å². The quantitative estimate of drug-likeness (QED) is 0.663. The number of fused-ring (bicyclic) bond motifs is 2. The molecule has 3 nitrogen and oxygen atoms in total. The van der Waals surface area contributed by atoms with Gasteiger partial charge >= 0.3 is 0 Å². The minimum Gasteiger partial charge on any atom is -0.508 e. The molecule has 4 rings (SSSR count). The lowest BCUT2D eigenvalue weighted by molar-refractivity contribution is -0.0819. The van der Waals surface area contributed by atoms with E-state index < -0.39 is 0 Å². The first kappa shape index (κ1) is 18.0. The fourth-order valence-electron chi connectivity index (χ4n) is 4.96. The van der Waals surface area contributed by atoms with E-state index in [1.54, 1.807) is 12.1 Å². The van der Waals surface area contributed by atoms with Gasteiger partial charge in [-0.3, -0.25) is 0 Å². The largest absolute Gasteiger partial charge is 0.508 e. The molecule has 2 aromatic carbocycles. The lowest BCUT2D eigenvalue weighted by Gasteiger charge is -2.53. The van der Waals surface area contributed by atoms with E-state index in [1.807, 2.05) is 36.4 Å². The van der Waals surface area contributed by atoms with Crippen LogP contribution in [0.1, 0.15) is 56.7 Å². The molecule has 1 fully saturated rings. The molecule has 0 saturated heterocycles. The summed E-state index contributed by atoms with van der Waals surface area (Å²) in [5.41, 5.74) is 2.90. The van der Waals surface area contributed by atoms with Crippen molar-refractivity contribution in [2.75, 3.05) is 0 Å². The topological polar surface area (TPSA) is 49.7 Å². The lowest BCUT2D eigenvalue weighted by atomic mass is 9.59. The molecule has 2 aliphatic rings. The fraction of sp³-hybridized carbons (Fsp3) is 0.417. The number of rotatable bonds is 2. The van der Waals surface area contributed by atoms with Crippen LogP contribution in [0, 0.1) is 11.3 Å². The van der Waals surface area contributed by atoms with Gasteiger partial charge in [0.05, 0.1) is 0 Å². The zero-order valence-corrected chi connectivity index (χ0v) is 16.3. The van der Waals surface area contributed by atoms with Crippen molar-refractivity contribution < 1.29 is 14.9 Å². The van der Waals surface area contributed by atoms with Crippen LogP contribution in [0.25, 0.3) is 12.2 Å². The molecule has 1 saturated carbocycles. The number of ether oxygens (including phenoxy) is 1. The van der Waals surface area contributed by atoms with E-state index in [9.17, 15) is 10.2 Å². The average Bonchev–Trinajstić information content (AvgIpc) is 2.59. The van der Waals surface area contributed by atoms with Gasteiger partial charge in [0.1, 0.15) is 22.8 Å². The Bertz CT molecular complexity index is 879. The van der Waals surface area contributed by atoms with Gasteiger partial charge in [0.25, 0.3) is 0 Å². The summed E-state index contributed by atoms with van der Waals surface area (Å²) in [4.78, 5) is 0. The zero-order chi connectivity index (χ0) is 19.2. The molecule has 0 amide bonds. The number of aromatic hydroxyl groups is 2. The predicted molar refractivity (Wildman–Crippen MR) is 109 cm³/mol. The van der Waals surface area contributed by atoms with Gasteiger partial charge in [-0.15, -0.1) is 0 Å². The van der Waals surface area contributed by atoms with E-state index in [1.165, 1.54) is 12.8 Å². The number of hydrogen-bond acceptors (Lipinski definition) is 3. The van der Waals surface area contributed by atoms with Gasteiger partial charge in [-0.05, 0) is 73.4 Å². The first-order valence-electron chi connectivity index (χ1n) is 9.79. The maximum atomic E-state index is 10.7. The molecule has 1 heterocycles. The summed E-state index contributed by atoms with van der Waals surface area (Å²) < 4.78 is 6.52. The summed E-state index contributed by atoms with van der Waals surface area (Å²) in [6.45, 7) is 6.89. The Balaban J connectivity index is 1.66. The highest BCUT2D eigenvalue weighted by Crippen LogP contribution is 2.54. The number of benzene rings is 2. The van der Waals surface area contributed by atoms with Gasteiger partial charge in [0.2, 0.25) is 0 Å². The number of hydrogen-bond donors (Lipinski definition) is 2. The van der Waals surface area contributed by atoms with Crippen LogP contribution >= 0.6 is 0 Å². The van der Waals surface area contributed by atoms with Crippen molar-refractivity contribution in [1.82, 2.24) is 0 Å². The molecule has 0 spiro atoms. The SMILES string of the molecule is CC1(C)CCCC2(C)Oc3cc(C=Cc4ccc(O)cc4)cc(O)c3CC12. The van der Waals surface area contributed by atoms with Gasteiger partial charge in [-0.1, -0.05) is 38.1 Å². The first-order valence-corrected chi connectivity index (χ1v) is 9.79. The van der Waals surface area contributed by atoms with Gasteiger partial charge in [-0.25, -0.2) is 0 Å². The Morgan fingerprint density at radius 2 is 1.67 bits per heavy atom. The number of phenols is 2.